The van der Waals surface area contributed by atoms with Crippen LogP contribution in [0.3, 0.4) is 0 Å². The molecule has 1 aromatic carbocycles. The van der Waals surface area contributed by atoms with E-state index in [2.05, 4.69) is 75.9 Å². The van der Waals surface area contributed by atoms with Crippen LogP contribution in [0.15, 0.2) is 30.3 Å². The molecule has 16 nitrogen and oxygen atoms in total. The Bertz CT molecular complexity index is 1870. The standard InChI is InChI=1S/C48H86N6O10S2Si2/c1-20-33(41(65)51-35(29-63-68(18,19)48(11,12)13)43(58)53(14)36(26-30(2)3)40(57)52-38(31(4)55)44(59)60)49-39(56)34(28-62-67(16,17)47(8,9)10)50-42(66)37(27-32-24-22-21-23-25-32)54(15)45(61)64-46(5,6)7/h21-25,30-31,33-38,55H,20,26-29H2,1-19H3,(H,49,56)(H,50,66)(H,51,65)(H,52,57)(H,59,60)/t31-,33-,34+,35+,36+,37-,38-/m1/s1. The summed E-state index contributed by atoms with van der Waals surface area (Å²) in [7, 11) is -1.83. The normalized spacial score (nSPS) is 15.7. The van der Waals surface area contributed by atoms with Crippen LogP contribution < -0.4 is 21.3 Å². The maximum atomic E-state index is 14.7. The number of aliphatic hydroxyl groups excluding tert-OH is 1. The zero-order chi connectivity index (χ0) is 52.9. The summed E-state index contributed by atoms with van der Waals surface area (Å²) in [5.74, 6) is -3.29. The van der Waals surface area contributed by atoms with E-state index >= 15 is 0 Å². The first-order valence-corrected chi connectivity index (χ1v) is 30.2. The van der Waals surface area contributed by atoms with E-state index in [1.807, 2.05) is 64.2 Å². The van der Waals surface area contributed by atoms with Crippen molar-refractivity contribution in [2.75, 3.05) is 27.3 Å². The van der Waals surface area contributed by atoms with Crippen molar-refractivity contribution in [1.29, 1.82) is 0 Å². The molecule has 4 amide bonds. The summed E-state index contributed by atoms with van der Waals surface area (Å²) in [6.45, 7) is 32.7. The molecule has 0 heterocycles. The third-order valence-corrected chi connectivity index (χ3v) is 22.5. The van der Waals surface area contributed by atoms with Gasteiger partial charge in [0.15, 0.2) is 22.7 Å². The van der Waals surface area contributed by atoms with Gasteiger partial charge in [0.05, 0.1) is 41.4 Å². The second-order valence-corrected chi connectivity index (χ2v) is 32.7. The van der Waals surface area contributed by atoms with E-state index in [4.69, 9.17) is 38.0 Å². The van der Waals surface area contributed by atoms with Gasteiger partial charge in [0.2, 0.25) is 17.7 Å². The zero-order valence-corrected chi connectivity index (χ0v) is 48.0. The molecule has 0 radical (unpaired) electrons. The van der Waals surface area contributed by atoms with Crippen molar-refractivity contribution in [3.63, 3.8) is 0 Å². The van der Waals surface area contributed by atoms with Gasteiger partial charge in [-0.3, -0.25) is 14.4 Å². The molecule has 0 aliphatic carbocycles. The molecular formula is C48H86N6O10S2Si2. The van der Waals surface area contributed by atoms with Crippen LogP contribution in [0.5, 0.6) is 0 Å². The molecule has 0 saturated heterocycles. The number of nitrogens with zero attached hydrogens (tertiary/aromatic N) is 2. The zero-order valence-electron chi connectivity index (χ0n) is 44.4. The van der Waals surface area contributed by atoms with E-state index in [0.29, 0.717) is 12.8 Å². The number of thiocarbonyl (C=S) groups is 2. The van der Waals surface area contributed by atoms with E-state index in [1.54, 1.807) is 27.8 Å². The van der Waals surface area contributed by atoms with Crippen molar-refractivity contribution >= 4 is 80.8 Å². The maximum Gasteiger partial charge on any atom is 0.410 e. The SMILES string of the molecule is CC[C@@H](NC(=O)[C@H](CO[Si](C)(C)C(C)(C)C)NC(=S)[C@@H](Cc1ccccc1)N(C)C(=O)OC(C)(C)C)C(=S)N[C@@H](CO[Si](C)(C)C(C)(C)C)C(=O)N(C)[C@@H](CC(C)C)C(=O)N[C@@H](C(=O)O)[C@@H](C)O. The van der Waals surface area contributed by atoms with Crippen molar-refractivity contribution in [2.24, 2.45) is 5.92 Å². The van der Waals surface area contributed by atoms with Gasteiger partial charge in [-0.1, -0.05) is 117 Å². The Labute approximate surface area is 420 Å². The quantitative estimate of drug-likeness (QED) is 0.0466. The minimum Gasteiger partial charge on any atom is -0.480 e. The fraction of sp³-hybridized carbons (Fsp3) is 0.729. The summed E-state index contributed by atoms with van der Waals surface area (Å²) < 4.78 is 18.9. The third-order valence-electron chi connectivity index (χ3n) is 12.7. The van der Waals surface area contributed by atoms with E-state index in [9.17, 15) is 34.2 Å². The van der Waals surface area contributed by atoms with Crippen molar-refractivity contribution in [3.05, 3.63) is 35.9 Å². The second kappa shape index (κ2) is 26.1. The highest BCUT2D eigenvalue weighted by atomic mass is 32.1. The molecule has 0 bridgehead atoms. The third kappa shape index (κ3) is 19.7. The predicted molar refractivity (Wildman–Crippen MR) is 283 cm³/mol. The highest BCUT2D eigenvalue weighted by Gasteiger charge is 2.42. The number of hydrogen-bond donors (Lipinski definition) is 6. The van der Waals surface area contributed by atoms with Crippen molar-refractivity contribution in [3.8, 4) is 0 Å². The van der Waals surface area contributed by atoms with Gasteiger partial charge < -0.3 is 54.9 Å². The monoisotopic (exact) mass is 1030 g/mol. The molecule has 0 saturated carbocycles. The molecule has 0 aliphatic rings. The Morgan fingerprint density at radius 1 is 0.691 bits per heavy atom. The smallest absolute Gasteiger partial charge is 0.410 e. The van der Waals surface area contributed by atoms with Gasteiger partial charge in [-0.2, -0.15) is 0 Å². The minimum absolute atomic E-state index is 0.0589. The number of carboxylic acids is 1. The number of aliphatic hydroxyl groups is 1. The van der Waals surface area contributed by atoms with Gasteiger partial charge in [-0.15, -0.1) is 0 Å². The molecule has 0 spiro atoms. The number of aliphatic carboxylic acids is 1. The van der Waals surface area contributed by atoms with Crippen LogP contribution in [0.1, 0.15) is 108 Å². The van der Waals surface area contributed by atoms with Crippen molar-refractivity contribution in [2.45, 2.75) is 193 Å². The second-order valence-electron chi connectivity index (χ2n) is 22.2. The number of nitrogens with one attached hydrogen (secondary N) is 4. The van der Waals surface area contributed by atoms with Crippen LogP contribution in [-0.2, 0) is 39.2 Å². The number of rotatable bonds is 24. The van der Waals surface area contributed by atoms with Crippen LogP contribution in [0, 0.1) is 5.92 Å². The average molecular weight is 1030 g/mol. The summed E-state index contributed by atoms with van der Waals surface area (Å²) in [6, 6.07) is 3.13. The Morgan fingerprint density at radius 3 is 1.60 bits per heavy atom. The number of carbonyl (C=O) groups excluding carboxylic acids is 4. The molecule has 20 heteroatoms. The Balaban J connectivity index is 3.73. The first-order chi connectivity index (χ1) is 30.9. The number of likely N-dealkylation sites (N-methyl/N-ethyl adjacent to an activating group) is 2. The van der Waals surface area contributed by atoms with Gasteiger partial charge in [0.25, 0.3) is 0 Å². The van der Waals surface area contributed by atoms with Crippen molar-refractivity contribution < 1.29 is 47.8 Å². The lowest BCUT2D eigenvalue weighted by Gasteiger charge is -2.39. The lowest BCUT2D eigenvalue weighted by molar-refractivity contribution is -0.147. The summed E-state index contributed by atoms with van der Waals surface area (Å²) in [5, 5.41) is 31.3. The summed E-state index contributed by atoms with van der Waals surface area (Å²) in [6.07, 6.45) is -1.17. The van der Waals surface area contributed by atoms with Gasteiger partial charge >= 0.3 is 12.1 Å². The van der Waals surface area contributed by atoms with Crippen LogP contribution >= 0.6 is 24.4 Å². The van der Waals surface area contributed by atoms with E-state index in [1.165, 1.54) is 23.8 Å². The number of carboxylic acid groups (broad SMARTS) is 1. The van der Waals surface area contributed by atoms with Crippen LogP contribution in [0.2, 0.25) is 36.3 Å². The fourth-order valence-corrected chi connectivity index (χ4v) is 8.95. The highest BCUT2D eigenvalue weighted by molar-refractivity contribution is 7.80. The van der Waals surface area contributed by atoms with E-state index in [0.717, 1.165) is 5.56 Å². The van der Waals surface area contributed by atoms with Crippen LogP contribution in [0.4, 0.5) is 4.79 Å². The first-order valence-electron chi connectivity index (χ1n) is 23.5. The molecule has 1 aromatic rings. The molecule has 0 unspecified atom stereocenters. The molecule has 0 fully saturated rings. The first kappa shape index (κ1) is 62.5. The molecule has 0 aliphatic heterocycles. The Kier molecular flexibility index (Phi) is 24.0. The van der Waals surface area contributed by atoms with Gasteiger partial charge in [-0.25, -0.2) is 9.59 Å². The van der Waals surface area contributed by atoms with Gasteiger partial charge in [0, 0.05) is 14.1 Å². The summed E-state index contributed by atoms with van der Waals surface area (Å²) in [4.78, 5) is 71.5. The van der Waals surface area contributed by atoms with Crippen molar-refractivity contribution in [1.82, 2.24) is 31.1 Å². The van der Waals surface area contributed by atoms with E-state index in [-0.39, 0.29) is 45.6 Å². The van der Waals surface area contributed by atoms with Crippen LogP contribution in [-0.4, -0.2) is 152 Å². The Hall–Kier alpha value is -3.54. The topological polar surface area (TPSA) is 208 Å². The molecular weight excluding hydrogens is 941 g/mol. The largest absolute Gasteiger partial charge is 0.480 e. The maximum absolute atomic E-state index is 14.7. The lowest BCUT2D eigenvalue weighted by Crippen LogP contribution is -2.61. The lowest BCUT2D eigenvalue weighted by atomic mass is 10.0. The number of benzene rings is 1. The summed E-state index contributed by atoms with van der Waals surface area (Å²) >= 11 is 12.0. The molecule has 0 aromatic heterocycles. The number of hydrogen-bond acceptors (Lipinski definition) is 11. The fourth-order valence-electron chi connectivity index (χ4n) is 6.17. The minimum atomic E-state index is -2.47. The molecule has 68 heavy (non-hydrogen) atoms. The number of amides is 4. The van der Waals surface area contributed by atoms with Crippen LogP contribution in [0.25, 0.3) is 0 Å². The van der Waals surface area contributed by atoms with Gasteiger partial charge in [0.1, 0.15) is 23.7 Å². The van der Waals surface area contributed by atoms with Gasteiger partial charge in [-0.05, 0) is 94.7 Å². The highest BCUT2D eigenvalue weighted by Crippen LogP contribution is 2.37. The number of carbonyl (C=O) groups is 5. The predicted octanol–water partition coefficient (Wildman–Crippen LogP) is 6.80. The van der Waals surface area contributed by atoms with E-state index < -0.39 is 94.4 Å². The molecule has 388 valence electrons. The molecule has 6 N–H and O–H groups in total. The average Bonchev–Trinajstić information content (AvgIpc) is 3.20. The summed E-state index contributed by atoms with van der Waals surface area (Å²) in [5.41, 5.74) is 0.134. The Morgan fingerprint density at radius 2 is 1.18 bits per heavy atom. The molecule has 7 atom stereocenters. The number of ether oxygens (including phenoxy) is 1. The molecule has 1 rings (SSSR count).